The Kier molecular flexibility index (Phi) is 8.68. The summed E-state index contributed by atoms with van der Waals surface area (Å²) in [6, 6.07) is 19.3. The van der Waals surface area contributed by atoms with Gasteiger partial charge in [0.2, 0.25) is 0 Å². The molecule has 0 unspecified atom stereocenters. The predicted octanol–water partition coefficient (Wildman–Crippen LogP) is 4.88. The lowest BCUT2D eigenvalue weighted by Crippen LogP contribution is -2.20. The van der Waals surface area contributed by atoms with E-state index < -0.39 is 5.91 Å². The number of nitrogens with one attached hydrogen (secondary N) is 2. The van der Waals surface area contributed by atoms with Crippen LogP contribution in [-0.2, 0) is 9.59 Å². The average Bonchev–Trinajstić information content (AvgIpc) is 2.88. The maximum absolute atomic E-state index is 12.6. The Labute approximate surface area is 210 Å². The lowest BCUT2D eigenvalue weighted by molar-refractivity contribution is -0.118. The van der Waals surface area contributed by atoms with Gasteiger partial charge in [-0.15, -0.1) is 0 Å². The van der Waals surface area contributed by atoms with Gasteiger partial charge in [0, 0.05) is 11.4 Å². The predicted molar refractivity (Wildman–Crippen MR) is 138 cm³/mol. The SMILES string of the molecule is COc1ccc(NC(=O)/C(C#N)=C\c2ccc(OCC(=O)Nc3ccc(C)cc3C)c(OC)c2)cc1. The first-order valence-electron chi connectivity index (χ1n) is 11.1. The summed E-state index contributed by atoms with van der Waals surface area (Å²) in [4.78, 5) is 24.9. The molecule has 0 fully saturated rings. The Balaban J connectivity index is 1.67. The van der Waals surface area contributed by atoms with Crippen molar-refractivity contribution >= 4 is 29.3 Å². The minimum absolute atomic E-state index is 0.0885. The van der Waals surface area contributed by atoms with Gasteiger partial charge in [-0.3, -0.25) is 9.59 Å². The van der Waals surface area contributed by atoms with Crippen molar-refractivity contribution < 1.29 is 23.8 Å². The quantitative estimate of drug-likeness (QED) is 0.330. The second-order valence-electron chi connectivity index (χ2n) is 7.92. The Hall–Kier alpha value is -4.77. The molecule has 8 nitrogen and oxygen atoms in total. The van der Waals surface area contributed by atoms with Crippen LogP contribution in [-0.4, -0.2) is 32.6 Å². The Morgan fingerprint density at radius 1 is 0.917 bits per heavy atom. The van der Waals surface area contributed by atoms with E-state index in [1.807, 2.05) is 38.1 Å². The van der Waals surface area contributed by atoms with Crippen molar-refractivity contribution in [2.75, 3.05) is 31.5 Å². The molecular formula is C28H27N3O5. The van der Waals surface area contributed by atoms with E-state index in [-0.39, 0.29) is 18.1 Å². The molecule has 0 spiro atoms. The molecule has 3 aromatic rings. The second-order valence-corrected chi connectivity index (χ2v) is 7.92. The first-order chi connectivity index (χ1) is 17.3. The molecule has 3 rings (SSSR count). The molecule has 2 amide bonds. The van der Waals surface area contributed by atoms with E-state index in [9.17, 15) is 14.9 Å². The Morgan fingerprint density at radius 2 is 1.67 bits per heavy atom. The van der Waals surface area contributed by atoms with Crippen LogP contribution in [0, 0.1) is 25.2 Å². The summed E-state index contributed by atoms with van der Waals surface area (Å²) in [7, 11) is 3.02. The van der Waals surface area contributed by atoms with Crippen LogP contribution in [0.15, 0.2) is 66.2 Å². The molecule has 8 heteroatoms. The summed E-state index contributed by atoms with van der Waals surface area (Å²) in [5.74, 6) is 0.503. The van der Waals surface area contributed by atoms with Gasteiger partial charge in [-0.2, -0.15) is 5.26 Å². The number of carbonyl (C=O) groups excluding carboxylic acids is 2. The average molecular weight is 486 g/mol. The number of rotatable bonds is 9. The highest BCUT2D eigenvalue weighted by molar-refractivity contribution is 6.09. The lowest BCUT2D eigenvalue weighted by atomic mass is 10.1. The van der Waals surface area contributed by atoms with Crippen LogP contribution in [0.1, 0.15) is 16.7 Å². The number of aryl methyl sites for hydroxylation is 2. The normalized spacial score (nSPS) is 10.7. The maximum Gasteiger partial charge on any atom is 0.266 e. The third-order valence-corrected chi connectivity index (χ3v) is 5.23. The minimum Gasteiger partial charge on any atom is -0.497 e. The number of ether oxygens (including phenoxy) is 3. The third kappa shape index (κ3) is 6.87. The number of hydrogen-bond donors (Lipinski definition) is 2. The first kappa shape index (κ1) is 25.8. The summed E-state index contributed by atoms with van der Waals surface area (Å²) < 4.78 is 16.1. The number of amides is 2. The number of nitrogens with zero attached hydrogens (tertiary/aromatic N) is 1. The highest BCUT2D eigenvalue weighted by Crippen LogP contribution is 2.29. The Bertz CT molecular complexity index is 1320. The molecule has 0 aliphatic carbocycles. The number of hydrogen-bond acceptors (Lipinski definition) is 6. The van der Waals surface area contributed by atoms with Crippen molar-refractivity contribution in [3.63, 3.8) is 0 Å². The highest BCUT2D eigenvalue weighted by atomic mass is 16.5. The van der Waals surface area contributed by atoms with E-state index in [0.717, 1.165) is 16.8 Å². The molecule has 2 N–H and O–H groups in total. The van der Waals surface area contributed by atoms with Crippen LogP contribution >= 0.6 is 0 Å². The fraction of sp³-hybridized carbons (Fsp3) is 0.179. The van der Waals surface area contributed by atoms with Crippen LogP contribution in [0.3, 0.4) is 0 Å². The van der Waals surface area contributed by atoms with E-state index in [1.165, 1.54) is 13.2 Å². The van der Waals surface area contributed by atoms with Gasteiger partial charge in [-0.05, 0) is 73.5 Å². The molecule has 0 saturated heterocycles. The van der Waals surface area contributed by atoms with Crippen LogP contribution in [0.4, 0.5) is 11.4 Å². The molecular weight excluding hydrogens is 458 g/mol. The van der Waals surface area contributed by atoms with Crippen molar-refractivity contribution in [3.05, 3.63) is 82.9 Å². The number of benzene rings is 3. The molecule has 184 valence electrons. The lowest BCUT2D eigenvalue weighted by Gasteiger charge is -2.13. The van der Waals surface area contributed by atoms with Gasteiger partial charge in [0.25, 0.3) is 11.8 Å². The first-order valence-corrected chi connectivity index (χ1v) is 11.1. The van der Waals surface area contributed by atoms with Gasteiger partial charge in [0.1, 0.15) is 17.4 Å². The second kappa shape index (κ2) is 12.1. The van der Waals surface area contributed by atoms with E-state index in [1.54, 1.807) is 49.6 Å². The van der Waals surface area contributed by atoms with Gasteiger partial charge >= 0.3 is 0 Å². The van der Waals surface area contributed by atoms with Gasteiger partial charge in [-0.25, -0.2) is 0 Å². The molecule has 0 aliphatic heterocycles. The van der Waals surface area contributed by atoms with E-state index in [0.29, 0.717) is 28.5 Å². The van der Waals surface area contributed by atoms with Crippen LogP contribution in [0.25, 0.3) is 6.08 Å². The third-order valence-electron chi connectivity index (χ3n) is 5.23. The fourth-order valence-electron chi connectivity index (χ4n) is 3.36. The van der Waals surface area contributed by atoms with E-state index >= 15 is 0 Å². The molecule has 0 atom stereocenters. The zero-order chi connectivity index (χ0) is 26.1. The summed E-state index contributed by atoms with van der Waals surface area (Å²) in [5.41, 5.74) is 3.79. The standard InChI is InChI=1S/C28H27N3O5/c1-18-5-11-24(19(2)13-18)31-27(32)17-36-25-12-6-20(15-26(25)35-4)14-21(16-29)28(33)30-22-7-9-23(34-3)10-8-22/h5-15H,17H2,1-4H3,(H,30,33)(H,31,32)/b21-14-. The van der Waals surface area contributed by atoms with Crippen molar-refractivity contribution in [2.45, 2.75) is 13.8 Å². The molecule has 0 saturated carbocycles. The monoisotopic (exact) mass is 485 g/mol. The van der Waals surface area contributed by atoms with Gasteiger partial charge < -0.3 is 24.8 Å². The smallest absolute Gasteiger partial charge is 0.266 e. The largest absolute Gasteiger partial charge is 0.497 e. The summed E-state index contributed by atoms with van der Waals surface area (Å²) >= 11 is 0. The van der Waals surface area contributed by atoms with Crippen LogP contribution < -0.4 is 24.8 Å². The summed E-state index contributed by atoms with van der Waals surface area (Å²) in [6.07, 6.45) is 1.44. The molecule has 0 radical (unpaired) electrons. The van der Waals surface area contributed by atoms with Crippen molar-refractivity contribution in [3.8, 4) is 23.3 Å². The molecule has 3 aromatic carbocycles. The van der Waals surface area contributed by atoms with Crippen LogP contribution in [0.5, 0.6) is 17.2 Å². The zero-order valence-electron chi connectivity index (χ0n) is 20.5. The fourth-order valence-corrected chi connectivity index (χ4v) is 3.36. The maximum atomic E-state index is 12.6. The minimum atomic E-state index is -0.551. The zero-order valence-corrected chi connectivity index (χ0v) is 20.5. The number of nitriles is 1. The summed E-state index contributed by atoms with van der Waals surface area (Å²) in [5, 5.41) is 15.0. The molecule has 0 heterocycles. The number of anilines is 2. The molecule has 0 aliphatic rings. The molecule has 36 heavy (non-hydrogen) atoms. The van der Waals surface area contributed by atoms with Gasteiger partial charge in [-0.1, -0.05) is 23.8 Å². The van der Waals surface area contributed by atoms with Crippen molar-refractivity contribution in [2.24, 2.45) is 0 Å². The van der Waals surface area contributed by atoms with Crippen molar-refractivity contribution in [1.82, 2.24) is 0 Å². The molecule has 0 bridgehead atoms. The van der Waals surface area contributed by atoms with E-state index in [4.69, 9.17) is 14.2 Å². The topological polar surface area (TPSA) is 110 Å². The number of methoxy groups -OCH3 is 2. The summed E-state index contributed by atoms with van der Waals surface area (Å²) in [6.45, 7) is 3.69. The van der Waals surface area contributed by atoms with Crippen LogP contribution in [0.2, 0.25) is 0 Å². The van der Waals surface area contributed by atoms with Gasteiger partial charge in [0.15, 0.2) is 18.1 Å². The van der Waals surface area contributed by atoms with Crippen molar-refractivity contribution in [1.29, 1.82) is 5.26 Å². The number of carbonyl (C=O) groups is 2. The molecule has 0 aromatic heterocycles. The van der Waals surface area contributed by atoms with Gasteiger partial charge in [0.05, 0.1) is 14.2 Å². The Morgan fingerprint density at radius 3 is 2.31 bits per heavy atom. The highest BCUT2D eigenvalue weighted by Gasteiger charge is 2.13. The van der Waals surface area contributed by atoms with E-state index in [2.05, 4.69) is 10.6 Å².